The molecule has 2 aromatic rings. The van der Waals surface area contributed by atoms with Gasteiger partial charge in [0.15, 0.2) is 6.61 Å². The van der Waals surface area contributed by atoms with Crippen molar-refractivity contribution in [3.8, 4) is 5.75 Å². The molecule has 2 aliphatic rings. The third kappa shape index (κ3) is 5.37. The Morgan fingerprint density at radius 3 is 2.37 bits per heavy atom. The predicted octanol–water partition coefficient (Wildman–Crippen LogP) is 2.88. The van der Waals surface area contributed by atoms with Gasteiger partial charge in [0.1, 0.15) is 15.5 Å². The Bertz CT molecular complexity index is 1420. The highest BCUT2D eigenvalue weighted by molar-refractivity contribution is 7.90. The second kappa shape index (κ2) is 9.75. The van der Waals surface area contributed by atoms with E-state index in [0.29, 0.717) is 0 Å². The van der Waals surface area contributed by atoms with E-state index in [4.69, 9.17) is 39.5 Å². The Balaban J connectivity index is 1.45. The van der Waals surface area contributed by atoms with E-state index in [1.54, 1.807) is 0 Å². The lowest BCUT2D eigenvalue weighted by Crippen LogP contribution is -2.44. The van der Waals surface area contributed by atoms with Gasteiger partial charge in [-0.1, -0.05) is 34.8 Å². The van der Waals surface area contributed by atoms with Gasteiger partial charge in [0.25, 0.3) is 15.9 Å². The van der Waals surface area contributed by atoms with Crippen LogP contribution in [0.15, 0.2) is 40.1 Å². The van der Waals surface area contributed by atoms with E-state index < -0.39 is 42.7 Å². The molecule has 0 unspecified atom stereocenters. The van der Waals surface area contributed by atoms with Crippen LogP contribution in [0.3, 0.4) is 0 Å². The zero-order valence-corrected chi connectivity index (χ0v) is 21.7. The Morgan fingerprint density at radius 2 is 1.69 bits per heavy atom. The Hall–Kier alpha value is -2.09. The summed E-state index contributed by atoms with van der Waals surface area (Å²) in [5, 5.41) is 2.52. The van der Waals surface area contributed by atoms with Gasteiger partial charge in [0, 0.05) is 30.1 Å². The summed E-state index contributed by atoms with van der Waals surface area (Å²) in [5.74, 6) is -1.85. The minimum atomic E-state index is -4.37. The number of sulfonamides is 2. The molecule has 1 fully saturated rings. The summed E-state index contributed by atoms with van der Waals surface area (Å²) in [6.07, 6.45) is 0.178. The molecule has 35 heavy (non-hydrogen) atoms. The predicted molar refractivity (Wildman–Crippen MR) is 129 cm³/mol. The fraction of sp³-hybridized carbons (Fsp3) is 0.300. The molecule has 2 aromatic carbocycles. The number of nitrogens with zero attached hydrogens (tertiary/aromatic N) is 1. The molecule has 0 radical (unpaired) electrons. The van der Waals surface area contributed by atoms with Crippen molar-refractivity contribution in [1.82, 2.24) is 9.03 Å². The van der Waals surface area contributed by atoms with Crippen molar-refractivity contribution < 1.29 is 31.2 Å². The van der Waals surface area contributed by atoms with E-state index >= 15 is 0 Å². The topological polar surface area (TPSA) is 139 Å². The highest BCUT2D eigenvalue weighted by atomic mass is 35.5. The highest BCUT2D eigenvalue weighted by Gasteiger charge is 2.35. The van der Waals surface area contributed by atoms with Crippen LogP contribution >= 0.6 is 34.8 Å². The summed E-state index contributed by atoms with van der Waals surface area (Å²) < 4.78 is 60.0. The zero-order chi connectivity index (χ0) is 25.5. The van der Waals surface area contributed by atoms with E-state index in [-0.39, 0.29) is 63.9 Å². The van der Waals surface area contributed by atoms with Crippen LogP contribution in [0.4, 0.5) is 5.69 Å². The monoisotopic (exact) mass is 581 g/mol. The number of benzene rings is 2. The lowest BCUT2D eigenvalue weighted by Gasteiger charge is -2.30. The number of hydrogen-bond donors (Lipinski definition) is 2. The van der Waals surface area contributed by atoms with Crippen molar-refractivity contribution in [3.63, 3.8) is 0 Å². The minimum absolute atomic E-state index is 0.0174. The maximum Gasteiger partial charge on any atom is 0.265 e. The molecule has 188 valence electrons. The van der Waals surface area contributed by atoms with Crippen LogP contribution < -0.4 is 14.8 Å². The van der Waals surface area contributed by atoms with Gasteiger partial charge in [-0.05, 0) is 37.1 Å². The van der Waals surface area contributed by atoms with E-state index in [9.17, 15) is 26.4 Å². The standard InChI is InChI=1S/C20H18Cl3N3O7S2/c21-12-1-2-13(22)18(7-12)35(31,32)26-5-3-11(4-6-26)20(28)25-34(29,30)17-9-16-15(8-14(17)23)24-19(27)10-33-16/h1-2,7-9,11H,3-6,10H2,(H,24,27)(H,25,28). The molecule has 2 heterocycles. The quantitative estimate of drug-likeness (QED) is 0.553. The first-order valence-corrected chi connectivity index (χ1v) is 14.2. The molecular weight excluding hydrogens is 565 g/mol. The van der Waals surface area contributed by atoms with Crippen LogP contribution in [0, 0.1) is 5.92 Å². The summed E-state index contributed by atoms with van der Waals surface area (Å²) in [4.78, 5) is 23.6. The first kappa shape index (κ1) is 26.0. The molecule has 4 rings (SSSR count). The Kier molecular flexibility index (Phi) is 7.24. The van der Waals surface area contributed by atoms with Gasteiger partial charge in [0.05, 0.1) is 15.7 Å². The van der Waals surface area contributed by atoms with Crippen LogP contribution in [0.5, 0.6) is 5.75 Å². The third-order valence-electron chi connectivity index (χ3n) is 5.53. The molecule has 0 saturated carbocycles. The average Bonchev–Trinajstić information content (AvgIpc) is 2.79. The lowest BCUT2D eigenvalue weighted by atomic mass is 9.98. The van der Waals surface area contributed by atoms with Crippen LogP contribution in [0.2, 0.25) is 15.1 Å². The van der Waals surface area contributed by atoms with Gasteiger partial charge in [-0.3, -0.25) is 9.59 Å². The molecule has 0 aromatic heterocycles. The van der Waals surface area contributed by atoms with Crippen molar-refractivity contribution in [2.75, 3.05) is 25.0 Å². The van der Waals surface area contributed by atoms with Crippen molar-refractivity contribution in [2.24, 2.45) is 5.92 Å². The van der Waals surface area contributed by atoms with Crippen molar-refractivity contribution in [2.45, 2.75) is 22.6 Å². The molecule has 2 amide bonds. The van der Waals surface area contributed by atoms with Crippen molar-refractivity contribution in [3.05, 3.63) is 45.4 Å². The molecule has 0 atom stereocenters. The number of anilines is 1. The Morgan fingerprint density at radius 1 is 1.00 bits per heavy atom. The van der Waals surface area contributed by atoms with Gasteiger partial charge < -0.3 is 10.1 Å². The number of hydrogen-bond acceptors (Lipinski definition) is 7. The van der Waals surface area contributed by atoms with Crippen molar-refractivity contribution in [1.29, 1.82) is 0 Å². The molecule has 0 spiro atoms. The first-order chi connectivity index (χ1) is 16.4. The summed E-state index contributed by atoms with van der Waals surface area (Å²) in [6, 6.07) is 6.44. The van der Waals surface area contributed by atoms with Gasteiger partial charge in [-0.2, -0.15) is 4.31 Å². The fourth-order valence-electron chi connectivity index (χ4n) is 3.73. The van der Waals surface area contributed by atoms with E-state index in [1.165, 1.54) is 28.6 Å². The molecule has 2 aliphatic heterocycles. The second-order valence-electron chi connectivity index (χ2n) is 7.84. The number of fused-ring (bicyclic) bond motifs is 1. The zero-order valence-electron chi connectivity index (χ0n) is 17.8. The summed E-state index contributed by atoms with van der Waals surface area (Å²) in [6.45, 7) is -0.324. The fourth-order valence-corrected chi connectivity index (χ4v) is 7.53. The normalized spacial score (nSPS) is 17.3. The first-order valence-electron chi connectivity index (χ1n) is 10.2. The highest BCUT2D eigenvalue weighted by Crippen LogP contribution is 2.36. The molecule has 10 nitrogen and oxygen atoms in total. The van der Waals surface area contributed by atoms with Gasteiger partial charge in [-0.15, -0.1) is 0 Å². The number of rotatable bonds is 5. The number of ether oxygens (including phenoxy) is 1. The molecule has 0 bridgehead atoms. The number of carbonyl (C=O) groups is 2. The van der Waals surface area contributed by atoms with Crippen LogP contribution in [-0.4, -0.2) is 52.7 Å². The van der Waals surface area contributed by atoms with Crippen molar-refractivity contribution >= 4 is 72.4 Å². The third-order valence-corrected chi connectivity index (χ3v) is 9.95. The lowest BCUT2D eigenvalue weighted by molar-refractivity contribution is -0.124. The molecule has 1 saturated heterocycles. The number of carbonyl (C=O) groups excluding carboxylic acids is 2. The van der Waals surface area contributed by atoms with E-state index in [2.05, 4.69) is 5.32 Å². The van der Waals surface area contributed by atoms with Crippen LogP contribution in [-0.2, 0) is 29.6 Å². The van der Waals surface area contributed by atoms with E-state index in [0.717, 1.165) is 6.07 Å². The maximum atomic E-state index is 13.0. The SMILES string of the molecule is O=C1COc2cc(S(=O)(=O)NC(=O)C3CCN(S(=O)(=O)c4cc(Cl)ccc4Cl)CC3)c(Cl)cc2N1. The van der Waals surface area contributed by atoms with E-state index in [1.807, 2.05) is 4.72 Å². The summed E-state index contributed by atoms with van der Waals surface area (Å²) in [5.41, 5.74) is 0.213. The number of halogens is 3. The number of piperidine rings is 1. The van der Waals surface area contributed by atoms with Crippen LogP contribution in [0.25, 0.3) is 0 Å². The summed E-state index contributed by atoms with van der Waals surface area (Å²) >= 11 is 18.0. The molecular formula is C20H18Cl3N3O7S2. The summed E-state index contributed by atoms with van der Waals surface area (Å²) in [7, 11) is -8.33. The Labute approximate surface area is 216 Å². The molecule has 2 N–H and O–H groups in total. The minimum Gasteiger partial charge on any atom is -0.482 e. The van der Waals surface area contributed by atoms with Crippen LogP contribution in [0.1, 0.15) is 12.8 Å². The smallest absolute Gasteiger partial charge is 0.265 e. The number of nitrogens with one attached hydrogen (secondary N) is 2. The van der Waals surface area contributed by atoms with Gasteiger partial charge in [-0.25, -0.2) is 21.6 Å². The largest absolute Gasteiger partial charge is 0.482 e. The maximum absolute atomic E-state index is 13.0. The number of amides is 2. The van der Waals surface area contributed by atoms with Gasteiger partial charge in [0.2, 0.25) is 15.9 Å². The average molecular weight is 583 g/mol. The molecule has 0 aliphatic carbocycles. The molecule has 15 heteroatoms. The second-order valence-corrected chi connectivity index (χ2v) is 12.6. The van der Waals surface area contributed by atoms with Gasteiger partial charge >= 0.3 is 0 Å².